The summed E-state index contributed by atoms with van der Waals surface area (Å²) in [6.07, 6.45) is 6.10. The summed E-state index contributed by atoms with van der Waals surface area (Å²) in [6, 6.07) is 0. The molecular weight excluding hydrogens is 236 g/mol. The molecule has 94 valence electrons. The molecule has 0 aliphatic rings. The summed E-state index contributed by atoms with van der Waals surface area (Å²) < 4.78 is 6.00. The maximum Gasteiger partial charge on any atom is 0.192 e. The van der Waals surface area contributed by atoms with Gasteiger partial charge in [-0.15, -0.1) is 11.6 Å². The van der Waals surface area contributed by atoms with Gasteiger partial charge in [0.15, 0.2) is 8.32 Å². The third-order valence-corrected chi connectivity index (χ3v) is 8.00. The van der Waals surface area contributed by atoms with Crippen molar-refractivity contribution < 1.29 is 4.43 Å². The molecule has 0 spiro atoms. The molecule has 0 bridgehead atoms. The summed E-state index contributed by atoms with van der Waals surface area (Å²) in [5.41, 5.74) is 1.17. The Hall–Kier alpha value is -0.0531. The minimum Gasteiger partial charge on any atom is -0.413 e. The first-order chi connectivity index (χ1) is 7.20. The molecule has 3 heteroatoms. The van der Waals surface area contributed by atoms with Crippen molar-refractivity contribution in [3.8, 4) is 0 Å². The molecule has 1 nitrogen and oxygen atoms in total. The van der Waals surface area contributed by atoms with Gasteiger partial charge in [-0.05, 0) is 25.1 Å². The van der Waals surface area contributed by atoms with Crippen molar-refractivity contribution in [3.05, 3.63) is 23.8 Å². The van der Waals surface area contributed by atoms with Crippen molar-refractivity contribution in [3.63, 3.8) is 0 Å². The van der Waals surface area contributed by atoms with Crippen LogP contribution in [-0.4, -0.2) is 20.8 Å². The molecule has 0 heterocycles. The largest absolute Gasteiger partial charge is 0.413 e. The Labute approximate surface area is 107 Å². The van der Waals surface area contributed by atoms with Crippen molar-refractivity contribution in [2.45, 2.75) is 45.8 Å². The van der Waals surface area contributed by atoms with Crippen LogP contribution in [-0.2, 0) is 4.43 Å². The Morgan fingerprint density at radius 2 is 1.88 bits per heavy atom. The van der Waals surface area contributed by atoms with Crippen LogP contribution < -0.4 is 0 Å². The van der Waals surface area contributed by atoms with Crippen molar-refractivity contribution in [1.82, 2.24) is 0 Å². The molecule has 0 saturated heterocycles. The second-order valence-electron chi connectivity index (χ2n) is 5.65. The predicted molar refractivity (Wildman–Crippen MR) is 76.8 cm³/mol. The lowest BCUT2D eigenvalue weighted by molar-refractivity contribution is 0.328. The van der Waals surface area contributed by atoms with E-state index in [4.69, 9.17) is 16.0 Å². The molecule has 0 aromatic heterocycles. The first-order valence-electron chi connectivity index (χ1n) is 5.73. The lowest BCUT2D eigenvalue weighted by atomic mass is 10.2. The zero-order valence-corrected chi connectivity index (χ0v) is 13.2. The van der Waals surface area contributed by atoms with E-state index >= 15 is 0 Å². The predicted octanol–water partition coefficient (Wildman–Crippen LogP) is 4.75. The minimum absolute atomic E-state index is 0.280. The maximum atomic E-state index is 6.00. The Morgan fingerprint density at radius 1 is 1.31 bits per heavy atom. The molecule has 0 unspecified atom stereocenters. The number of halogens is 1. The van der Waals surface area contributed by atoms with Gasteiger partial charge in [-0.25, -0.2) is 0 Å². The van der Waals surface area contributed by atoms with E-state index in [1.54, 1.807) is 0 Å². The summed E-state index contributed by atoms with van der Waals surface area (Å²) in [6.45, 7) is 14.0. The Bertz CT molecular complexity index is 262. The summed E-state index contributed by atoms with van der Waals surface area (Å²) in [5, 5.41) is 0.280. The van der Waals surface area contributed by atoms with Crippen LogP contribution in [0, 0.1) is 0 Å². The van der Waals surface area contributed by atoms with Crippen LogP contribution in [0.1, 0.15) is 27.7 Å². The van der Waals surface area contributed by atoms with Gasteiger partial charge in [-0.1, -0.05) is 44.6 Å². The molecule has 16 heavy (non-hydrogen) atoms. The van der Waals surface area contributed by atoms with Crippen LogP contribution >= 0.6 is 11.6 Å². The average Bonchev–Trinajstić information content (AvgIpc) is 2.15. The summed E-state index contributed by atoms with van der Waals surface area (Å²) >= 11 is 5.67. The first-order valence-corrected chi connectivity index (χ1v) is 9.17. The number of alkyl halides is 1. The Balaban J connectivity index is 4.09. The van der Waals surface area contributed by atoms with E-state index in [2.05, 4.69) is 39.9 Å². The third-order valence-electron chi connectivity index (χ3n) is 3.07. The highest BCUT2D eigenvalue weighted by Gasteiger charge is 2.36. The molecule has 0 fully saturated rings. The zero-order chi connectivity index (χ0) is 12.8. The minimum atomic E-state index is -1.59. The SMILES string of the molecule is C/C(=C/C=C/CO[Si](C)(C)C(C)(C)C)CCl. The van der Waals surface area contributed by atoms with Crippen LogP contribution in [0.25, 0.3) is 0 Å². The number of rotatable bonds is 5. The summed E-state index contributed by atoms with van der Waals surface area (Å²) in [5.74, 6) is 0.591. The van der Waals surface area contributed by atoms with Gasteiger partial charge < -0.3 is 4.43 Å². The zero-order valence-electron chi connectivity index (χ0n) is 11.4. The van der Waals surface area contributed by atoms with Gasteiger partial charge in [0.05, 0.1) is 6.61 Å². The van der Waals surface area contributed by atoms with Crippen LogP contribution in [0.3, 0.4) is 0 Å². The normalized spacial score (nSPS) is 14.8. The van der Waals surface area contributed by atoms with Crippen LogP contribution in [0.4, 0.5) is 0 Å². The quantitative estimate of drug-likeness (QED) is 0.394. The fraction of sp³-hybridized carbons (Fsp3) is 0.692. The first kappa shape index (κ1) is 15.9. The number of allylic oxidation sites excluding steroid dienone is 3. The monoisotopic (exact) mass is 260 g/mol. The van der Waals surface area contributed by atoms with Crippen molar-refractivity contribution in [2.75, 3.05) is 12.5 Å². The van der Waals surface area contributed by atoms with Gasteiger partial charge in [0.2, 0.25) is 0 Å². The van der Waals surface area contributed by atoms with Gasteiger partial charge in [0.25, 0.3) is 0 Å². The standard InChI is InChI=1S/C13H25ClOSi/c1-12(11-14)9-7-8-10-15-16(5,6)13(2,3)4/h7-9H,10-11H2,1-6H3/b8-7+,12-9-. The van der Waals surface area contributed by atoms with Gasteiger partial charge in [-0.3, -0.25) is 0 Å². The molecule has 0 saturated carbocycles. The summed E-state index contributed by atoms with van der Waals surface area (Å²) in [4.78, 5) is 0. The molecule has 0 aromatic rings. The second-order valence-corrected chi connectivity index (χ2v) is 10.7. The molecule has 0 aliphatic carbocycles. The highest BCUT2D eigenvalue weighted by atomic mass is 35.5. The molecule has 0 rings (SSSR count). The van der Waals surface area contributed by atoms with E-state index < -0.39 is 8.32 Å². The molecular formula is C13H25ClOSi. The fourth-order valence-electron chi connectivity index (χ4n) is 0.805. The Morgan fingerprint density at radius 3 is 2.31 bits per heavy atom. The van der Waals surface area contributed by atoms with Crippen molar-refractivity contribution in [2.24, 2.45) is 0 Å². The van der Waals surface area contributed by atoms with E-state index in [1.165, 1.54) is 5.57 Å². The molecule has 0 atom stereocenters. The molecule has 0 amide bonds. The molecule has 0 radical (unpaired) electrons. The third kappa shape index (κ3) is 5.88. The van der Waals surface area contributed by atoms with Crippen LogP contribution in [0.5, 0.6) is 0 Å². The van der Waals surface area contributed by atoms with Gasteiger partial charge >= 0.3 is 0 Å². The van der Waals surface area contributed by atoms with E-state index in [1.807, 2.05) is 19.1 Å². The number of hydrogen-bond donors (Lipinski definition) is 0. The second kappa shape index (κ2) is 6.63. The van der Waals surface area contributed by atoms with Gasteiger partial charge in [0.1, 0.15) is 0 Å². The average molecular weight is 261 g/mol. The molecule has 0 aromatic carbocycles. The molecule has 0 N–H and O–H groups in total. The van der Waals surface area contributed by atoms with Crippen molar-refractivity contribution >= 4 is 19.9 Å². The van der Waals surface area contributed by atoms with E-state index in [-0.39, 0.29) is 5.04 Å². The lowest BCUT2D eigenvalue weighted by Crippen LogP contribution is -2.40. The van der Waals surface area contributed by atoms with E-state index in [0.717, 1.165) is 0 Å². The fourth-order valence-corrected chi connectivity index (χ4v) is 1.84. The molecule has 0 aliphatic heterocycles. The van der Waals surface area contributed by atoms with E-state index in [0.29, 0.717) is 12.5 Å². The van der Waals surface area contributed by atoms with Gasteiger partial charge in [-0.2, -0.15) is 0 Å². The number of hydrogen-bond acceptors (Lipinski definition) is 1. The van der Waals surface area contributed by atoms with Crippen LogP contribution in [0.15, 0.2) is 23.8 Å². The smallest absolute Gasteiger partial charge is 0.192 e. The Kier molecular flexibility index (Phi) is 6.60. The van der Waals surface area contributed by atoms with E-state index in [9.17, 15) is 0 Å². The maximum absolute atomic E-state index is 6.00. The van der Waals surface area contributed by atoms with Gasteiger partial charge in [0, 0.05) is 5.88 Å². The van der Waals surface area contributed by atoms with Crippen molar-refractivity contribution in [1.29, 1.82) is 0 Å². The summed E-state index contributed by atoms with van der Waals surface area (Å²) in [7, 11) is -1.59. The van der Waals surface area contributed by atoms with Crippen LogP contribution in [0.2, 0.25) is 18.1 Å². The highest BCUT2D eigenvalue weighted by Crippen LogP contribution is 2.36. The topological polar surface area (TPSA) is 9.23 Å². The lowest BCUT2D eigenvalue weighted by Gasteiger charge is -2.35. The highest BCUT2D eigenvalue weighted by molar-refractivity contribution is 6.74.